The van der Waals surface area contributed by atoms with Gasteiger partial charge < -0.3 is 4.42 Å². The molecule has 0 fully saturated rings. The van der Waals surface area contributed by atoms with Gasteiger partial charge in [0.1, 0.15) is 11.3 Å². The van der Waals surface area contributed by atoms with Crippen LogP contribution in [-0.2, 0) is 5.41 Å². The number of benzene rings is 1. The summed E-state index contributed by atoms with van der Waals surface area (Å²) in [4.78, 5) is 0. The third-order valence-corrected chi connectivity index (χ3v) is 3.00. The Balaban J connectivity index is 2.75. The molecule has 14 heavy (non-hydrogen) atoms. The molecule has 1 nitrogen and oxygen atoms in total. The van der Waals surface area contributed by atoms with Gasteiger partial charge in [-0.2, -0.15) is 0 Å². The smallest absolute Gasteiger partial charge is 0.135 e. The lowest BCUT2D eigenvalue weighted by Crippen LogP contribution is -2.09. The van der Waals surface area contributed by atoms with Crippen LogP contribution in [0, 0.1) is 0 Å². The summed E-state index contributed by atoms with van der Waals surface area (Å²) in [6, 6.07) is 8.08. The predicted octanol–water partition coefficient (Wildman–Crippen LogP) is 4.49. The molecule has 2 aromatic rings. The normalized spacial score (nSPS) is 12.3. The fraction of sp³-hybridized carbons (Fsp3) is 0.333. The minimum absolute atomic E-state index is 0.0395. The SMILES string of the molecule is CC(C)(C)c1oc2ccccc2c1Br. The van der Waals surface area contributed by atoms with Crippen molar-refractivity contribution in [1.82, 2.24) is 0 Å². The van der Waals surface area contributed by atoms with Crippen molar-refractivity contribution in [1.29, 1.82) is 0 Å². The van der Waals surface area contributed by atoms with Gasteiger partial charge in [-0.1, -0.05) is 32.9 Å². The van der Waals surface area contributed by atoms with E-state index in [4.69, 9.17) is 4.42 Å². The lowest BCUT2D eigenvalue weighted by molar-refractivity contribution is 0.427. The highest BCUT2D eigenvalue weighted by Crippen LogP contribution is 2.37. The highest BCUT2D eigenvalue weighted by Gasteiger charge is 2.23. The second-order valence-electron chi connectivity index (χ2n) is 4.49. The molecule has 0 spiro atoms. The summed E-state index contributed by atoms with van der Waals surface area (Å²) in [5.41, 5.74) is 0.988. The Morgan fingerprint density at radius 3 is 2.36 bits per heavy atom. The molecule has 0 aliphatic rings. The van der Waals surface area contributed by atoms with Crippen LogP contribution in [0.15, 0.2) is 33.2 Å². The molecule has 0 unspecified atom stereocenters. The zero-order chi connectivity index (χ0) is 10.3. The lowest BCUT2D eigenvalue weighted by atomic mass is 9.93. The van der Waals surface area contributed by atoms with Crippen molar-refractivity contribution >= 4 is 26.9 Å². The van der Waals surface area contributed by atoms with Crippen LogP contribution >= 0.6 is 15.9 Å². The van der Waals surface area contributed by atoms with Crippen LogP contribution in [0.3, 0.4) is 0 Å². The molecule has 74 valence electrons. The van der Waals surface area contributed by atoms with Crippen LogP contribution in [0.1, 0.15) is 26.5 Å². The maximum atomic E-state index is 5.82. The van der Waals surface area contributed by atoms with Crippen molar-refractivity contribution in [2.75, 3.05) is 0 Å². The first kappa shape index (κ1) is 9.78. The van der Waals surface area contributed by atoms with E-state index in [1.165, 1.54) is 0 Å². The summed E-state index contributed by atoms with van der Waals surface area (Å²) in [6.07, 6.45) is 0. The third kappa shape index (κ3) is 1.48. The van der Waals surface area contributed by atoms with Gasteiger partial charge in [0.2, 0.25) is 0 Å². The van der Waals surface area contributed by atoms with Gasteiger partial charge in [0.15, 0.2) is 0 Å². The van der Waals surface area contributed by atoms with Gasteiger partial charge in [0.05, 0.1) is 4.47 Å². The summed E-state index contributed by atoms with van der Waals surface area (Å²) in [5.74, 6) is 1.01. The Morgan fingerprint density at radius 1 is 1.14 bits per heavy atom. The first-order chi connectivity index (χ1) is 6.50. The molecule has 0 N–H and O–H groups in total. The minimum atomic E-state index is 0.0395. The molecule has 0 saturated heterocycles. The van der Waals surface area contributed by atoms with E-state index in [9.17, 15) is 0 Å². The number of para-hydroxylation sites is 1. The average molecular weight is 253 g/mol. The Kier molecular flexibility index (Phi) is 2.18. The summed E-state index contributed by atoms with van der Waals surface area (Å²) in [6.45, 7) is 6.44. The van der Waals surface area contributed by atoms with Crippen molar-refractivity contribution in [2.45, 2.75) is 26.2 Å². The Hall–Kier alpha value is -0.760. The monoisotopic (exact) mass is 252 g/mol. The van der Waals surface area contributed by atoms with Crippen LogP contribution in [0.2, 0.25) is 0 Å². The number of hydrogen-bond acceptors (Lipinski definition) is 1. The first-order valence-electron chi connectivity index (χ1n) is 4.67. The Bertz CT molecular complexity index is 463. The van der Waals surface area contributed by atoms with Crippen molar-refractivity contribution in [3.63, 3.8) is 0 Å². The number of furan rings is 1. The Morgan fingerprint density at radius 2 is 1.79 bits per heavy atom. The fourth-order valence-electron chi connectivity index (χ4n) is 1.50. The van der Waals surface area contributed by atoms with E-state index in [-0.39, 0.29) is 5.41 Å². The maximum absolute atomic E-state index is 5.82. The molecular weight excluding hydrogens is 240 g/mol. The molecule has 1 heterocycles. The molecular formula is C12H13BrO. The highest BCUT2D eigenvalue weighted by atomic mass is 79.9. The summed E-state index contributed by atoms with van der Waals surface area (Å²) < 4.78 is 6.90. The van der Waals surface area contributed by atoms with E-state index in [2.05, 4.69) is 42.8 Å². The van der Waals surface area contributed by atoms with Gasteiger partial charge in [-0.25, -0.2) is 0 Å². The van der Waals surface area contributed by atoms with Crippen LogP contribution in [-0.4, -0.2) is 0 Å². The standard InChI is InChI=1S/C12H13BrO/c1-12(2,3)11-10(13)8-6-4-5-7-9(8)14-11/h4-7H,1-3H3. The molecule has 0 atom stereocenters. The van der Waals surface area contributed by atoms with Gasteiger partial charge in [0, 0.05) is 10.8 Å². The average Bonchev–Trinajstić information content (AvgIpc) is 2.44. The number of halogens is 1. The van der Waals surface area contributed by atoms with E-state index < -0.39 is 0 Å². The molecule has 0 aliphatic carbocycles. The zero-order valence-corrected chi connectivity index (χ0v) is 10.2. The third-order valence-electron chi connectivity index (χ3n) is 2.22. The molecule has 2 heteroatoms. The molecule has 0 aliphatic heterocycles. The van der Waals surface area contributed by atoms with Gasteiger partial charge in [-0.15, -0.1) is 0 Å². The lowest BCUT2D eigenvalue weighted by Gasteiger charge is -2.15. The Labute approximate surface area is 92.2 Å². The van der Waals surface area contributed by atoms with Crippen molar-refractivity contribution in [2.24, 2.45) is 0 Å². The maximum Gasteiger partial charge on any atom is 0.135 e. The van der Waals surface area contributed by atoms with Crippen molar-refractivity contribution in [3.05, 3.63) is 34.5 Å². The summed E-state index contributed by atoms with van der Waals surface area (Å²) in [7, 11) is 0. The molecule has 0 radical (unpaired) electrons. The van der Waals surface area contributed by atoms with Crippen LogP contribution in [0.25, 0.3) is 11.0 Å². The molecule has 1 aromatic carbocycles. The molecule has 2 rings (SSSR count). The molecule has 1 aromatic heterocycles. The van der Waals surface area contributed by atoms with Crippen molar-refractivity contribution in [3.8, 4) is 0 Å². The van der Waals surface area contributed by atoms with Crippen molar-refractivity contribution < 1.29 is 4.42 Å². The summed E-state index contributed by atoms with van der Waals surface area (Å²) in [5, 5.41) is 1.15. The van der Waals surface area contributed by atoms with Gasteiger partial charge >= 0.3 is 0 Å². The van der Waals surface area contributed by atoms with E-state index in [1.54, 1.807) is 0 Å². The topological polar surface area (TPSA) is 13.1 Å². The quantitative estimate of drug-likeness (QED) is 0.674. The number of hydrogen-bond donors (Lipinski definition) is 0. The van der Waals surface area contributed by atoms with E-state index in [0.717, 1.165) is 21.2 Å². The molecule has 0 bridgehead atoms. The number of rotatable bonds is 0. The van der Waals surface area contributed by atoms with E-state index >= 15 is 0 Å². The molecule has 0 saturated carbocycles. The first-order valence-corrected chi connectivity index (χ1v) is 5.47. The van der Waals surface area contributed by atoms with Crippen LogP contribution < -0.4 is 0 Å². The van der Waals surface area contributed by atoms with Gasteiger partial charge in [-0.05, 0) is 28.1 Å². The number of fused-ring (bicyclic) bond motifs is 1. The second kappa shape index (κ2) is 3.13. The summed E-state index contributed by atoms with van der Waals surface area (Å²) >= 11 is 3.59. The zero-order valence-electron chi connectivity index (χ0n) is 8.60. The van der Waals surface area contributed by atoms with E-state index in [0.29, 0.717) is 0 Å². The van der Waals surface area contributed by atoms with Crippen LogP contribution in [0.5, 0.6) is 0 Å². The van der Waals surface area contributed by atoms with Crippen LogP contribution in [0.4, 0.5) is 0 Å². The predicted molar refractivity (Wildman–Crippen MR) is 62.6 cm³/mol. The minimum Gasteiger partial charge on any atom is -0.459 e. The largest absolute Gasteiger partial charge is 0.459 e. The van der Waals surface area contributed by atoms with Gasteiger partial charge in [0.25, 0.3) is 0 Å². The highest BCUT2D eigenvalue weighted by molar-refractivity contribution is 9.10. The second-order valence-corrected chi connectivity index (χ2v) is 5.28. The van der Waals surface area contributed by atoms with Gasteiger partial charge in [-0.3, -0.25) is 0 Å². The molecule has 0 amide bonds. The fourth-order valence-corrected chi connectivity index (χ4v) is 2.50. The van der Waals surface area contributed by atoms with E-state index in [1.807, 2.05) is 18.2 Å².